The van der Waals surface area contributed by atoms with Gasteiger partial charge in [0, 0.05) is 18.1 Å². The highest BCUT2D eigenvalue weighted by Crippen LogP contribution is 2.50. The molecule has 10 heteroatoms. The van der Waals surface area contributed by atoms with Crippen molar-refractivity contribution in [1.29, 1.82) is 0 Å². The zero-order chi connectivity index (χ0) is 19.1. The minimum absolute atomic E-state index is 0.00984. The van der Waals surface area contributed by atoms with Crippen molar-refractivity contribution in [3.8, 4) is 0 Å². The summed E-state index contributed by atoms with van der Waals surface area (Å²) in [7, 11) is 1.28. The third kappa shape index (κ3) is 3.26. The SMILES string of the molecule is Cn1nc(C(=O)O/N=C(\N)C2(c3ccc(F)cc3Cl)CC2)cc1C(F)F. The Morgan fingerprint density at radius 2 is 2.12 bits per heavy atom. The summed E-state index contributed by atoms with van der Waals surface area (Å²) in [6.07, 6.45) is -1.58. The lowest BCUT2D eigenvalue weighted by atomic mass is 9.95. The molecule has 2 N–H and O–H groups in total. The monoisotopic (exact) mass is 386 g/mol. The molecule has 0 amide bonds. The van der Waals surface area contributed by atoms with E-state index < -0.39 is 29.3 Å². The van der Waals surface area contributed by atoms with E-state index in [9.17, 15) is 18.0 Å². The Hall–Kier alpha value is -2.55. The lowest BCUT2D eigenvalue weighted by Gasteiger charge is -2.16. The molecule has 0 atom stereocenters. The van der Waals surface area contributed by atoms with Crippen LogP contribution in [0.2, 0.25) is 5.02 Å². The van der Waals surface area contributed by atoms with Gasteiger partial charge >= 0.3 is 5.97 Å². The zero-order valence-electron chi connectivity index (χ0n) is 13.5. The van der Waals surface area contributed by atoms with Crippen LogP contribution in [0.4, 0.5) is 13.2 Å². The second kappa shape index (κ2) is 6.64. The molecule has 1 fully saturated rings. The number of nitrogens with zero attached hydrogens (tertiary/aromatic N) is 3. The average Bonchev–Trinajstić information content (AvgIpc) is 3.28. The first-order chi connectivity index (χ1) is 12.2. The summed E-state index contributed by atoms with van der Waals surface area (Å²) in [4.78, 5) is 16.7. The van der Waals surface area contributed by atoms with E-state index in [2.05, 4.69) is 10.3 Å². The van der Waals surface area contributed by atoms with Crippen LogP contribution >= 0.6 is 11.6 Å². The second-order valence-electron chi connectivity index (χ2n) is 5.94. The molecule has 3 rings (SSSR count). The van der Waals surface area contributed by atoms with E-state index in [0.29, 0.717) is 18.4 Å². The summed E-state index contributed by atoms with van der Waals surface area (Å²) in [6, 6.07) is 4.83. The van der Waals surface area contributed by atoms with Crippen molar-refractivity contribution < 1.29 is 22.8 Å². The number of nitrogens with two attached hydrogens (primary N) is 1. The number of amidine groups is 1. The van der Waals surface area contributed by atoms with Gasteiger partial charge in [-0.05, 0) is 30.5 Å². The molecule has 0 unspecified atom stereocenters. The van der Waals surface area contributed by atoms with E-state index in [0.717, 1.165) is 16.8 Å². The van der Waals surface area contributed by atoms with Gasteiger partial charge in [0.15, 0.2) is 11.5 Å². The number of rotatable bonds is 5. The number of hydrogen-bond donors (Lipinski definition) is 1. The van der Waals surface area contributed by atoms with Gasteiger partial charge in [-0.1, -0.05) is 22.8 Å². The Labute approximate surface area is 151 Å². The van der Waals surface area contributed by atoms with Crippen LogP contribution < -0.4 is 5.73 Å². The van der Waals surface area contributed by atoms with Crippen LogP contribution in [0.5, 0.6) is 0 Å². The summed E-state index contributed by atoms with van der Waals surface area (Å²) < 4.78 is 39.6. The molecular formula is C16H14ClF3N4O2. The lowest BCUT2D eigenvalue weighted by molar-refractivity contribution is 0.0506. The maximum absolute atomic E-state index is 13.2. The number of oxime groups is 1. The molecule has 26 heavy (non-hydrogen) atoms. The van der Waals surface area contributed by atoms with Gasteiger partial charge in [0.1, 0.15) is 11.5 Å². The highest BCUT2D eigenvalue weighted by Gasteiger charge is 2.50. The predicted molar refractivity (Wildman–Crippen MR) is 87.5 cm³/mol. The summed E-state index contributed by atoms with van der Waals surface area (Å²) in [5.41, 5.74) is 5.04. The quantitative estimate of drug-likeness (QED) is 0.370. The smallest absolute Gasteiger partial charge is 0.384 e. The van der Waals surface area contributed by atoms with Crippen LogP contribution in [0.15, 0.2) is 29.4 Å². The van der Waals surface area contributed by atoms with Crippen molar-refractivity contribution in [1.82, 2.24) is 9.78 Å². The van der Waals surface area contributed by atoms with Crippen LogP contribution in [0.1, 0.15) is 41.0 Å². The van der Waals surface area contributed by atoms with E-state index in [1.165, 1.54) is 19.2 Å². The molecule has 6 nitrogen and oxygen atoms in total. The summed E-state index contributed by atoms with van der Waals surface area (Å²) in [6.45, 7) is 0. The van der Waals surface area contributed by atoms with Gasteiger partial charge in [0.2, 0.25) is 0 Å². The van der Waals surface area contributed by atoms with E-state index >= 15 is 0 Å². The first kappa shape index (κ1) is 18.2. The molecule has 0 bridgehead atoms. The average molecular weight is 387 g/mol. The molecule has 0 aliphatic heterocycles. The fraction of sp³-hybridized carbons (Fsp3) is 0.312. The zero-order valence-corrected chi connectivity index (χ0v) is 14.3. The first-order valence-corrected chi connectivity index (χ1v) is 7.95. The fourth-order valence-electron chi connectivity index (χ4n) is 2.68. The molecule has 0 saturated heterocycles. The topological polar surface area (TPSA) is 82.5 Å². The summed E-state index contributed by atoms with van der Waals surface area (Å²) in [5.74, 6) is -1.51. The summed E-state index contributed by atoms with van der Waals surface area (Å²) in [5, 5.41) is 7.47. The maximum atomic E-state index is 13.2. The largest absolute Gasteiger partial charge is 0.385 e. The normalized spacial score (nSPS) is 16.0. The molecule has 2 aromatic rings. The van der Waals surface area contributed by atoms with E-state index in [1.807, 2.05) is 0 Å². The van der Waals surface area contributed by atoms with Crippen molar-refractivity contribution in [2.45, 2.75) is 24.7 Å². The minimum atomic E-state index is -2.78. The third-order valence-corrected chi connectivity index (χ3v) is 4.58. The number of aryl methyl sites for hydroxylation is 1. The Balaban J connectivity index is 1.78. The van der Waals surface area contributed by atoms with Crippen LogP contribution in [0, 0.1) is 5.82 Å². The fourth-order valence-corrected chi connectivity index (χ4v) is 3.02. The molecule has 138 valence electrons. The van der Waals surface area contributed by atoms with Gasteiger partial charge in [-0.25, -0.2) is 18.0 Å². The Bertz CT molecular complexity index is 894. The maximum Gasteiger partial charge on any atom is 0.385 e. The molecule has 0 spiro atoms. The number of aromatic nitrogens is 2. The molecule has 1 aromatic carbocycles. The van der Waals surface area contributed by atoms with Crippen LogP contribution in [0.3, 0.4) is 0 Å². The van der Waals surface area contributed by atoms with Crippen molar-refractivity contribution in [3.05, 3.63) is 52.1 Å². The van der Waals surface area contributed by atoms with Crippen molar-refractivity contribution in [2.24, 2.45) is 17.9 Å². The highest BCUT2D eigenvalue weighted by molar-refractivity contribution is 6.32. The van der Waals surface area contributed by atoms with Crippen LogP contribution in [0.25, 0.3) is 0 Å². The molecule has 1 heterocycles. The Morgan fingerprint density at radius 1 is 1.42 bits per heavy atom. The van der Waals surface area contributed by atoms with Crippen molar-refractivity contribution >= 4 is 23.4 Å². The van der Waals surface area contributed by atoms with Gasteiger partial charge in [0.05, 0.1) is 5.41 Å². The number of halogens is 4. The Kier molecular flexibility index (Phi) is 4.66. The number of carbonyl (C=O) groups is 1. The predicted octanol–water partition coefficient (Wildman–Crippen LogP) is 3.31. The van der Waals surface area contributed by atoms with Crippen LogP contribution in [-0.2, 0) is 17.3 Å². The van der Waals surface area contributed by atoms with E-state index in [4.69, 9.17) is 22.2 Å². The minimum Gasteiger partial charge on any atom is -0.384 e. The lowest BCUT2D eigenvalue weighted by Crippen LogP contribution is -2.30. The molecule has 1 aliphatic carbocycles. The number of carbonyl (C=O) groups excluding carboxylic acids is 1. The first-order valence-electron chi connectivity index (χ1n) is 7.57. The van der Waals surface area contributed by atoms with Gasteiger partial charge < -0.3 is 10.6 Å². The van der Waals surface area contributed by atoms with Crippen LogP contribution in [-0.4, -0.2) is 21.6 Å². The molecule has 1 aromatic heterocycles. The van der Waals surface area contributed by atoms with E-state index in [1.54, 1.807) is 0 Å². The van der Waals surface area contributed by atoms with Crippen molar-refractivity contribution in [3.63, 3.8) is 0 Å². The molecule has 1 aliphatic rings. The van der Waals surface area contributed by atoms with Gasteiger partial charge in [0.25, 0.3) is 6.43 Å². The highest BCUT2D eigenvalue weighted by atomic mass is 35.5. The Morgan fingerprint density at radius 3 is 2.65 bits per heavy atom. The van der Waals surface area contributed by atoms with Gasteiger partial charge in [-0.2, -0.15) is 5.10 Å². The van der Waals surface area contributed by atoms with Gasteiger partial charge in [-0.3, -0.25) is 4.68 Å². The number of hydrogen-bond acceptors (Lipinski definition) is 4. The number of alkyl halides is 2. The number of benzene rings is 1. The van der Waals surface area contributed by atoms with E-state index in [-0.39, 0.29) is 16.6 Å². The van der Waals surface area contributed by atoms with Gasteiger partial charge in [-0.15, -0.1) is 0 Å². The molecule has 0 radical (unpaired) electrons. The molecule has 1 saturated carbocycles. The third-order valence-electron chi connectivity index (χ3n) is 4.26. The van der Waals surface area contributed by atoms with Crippen molar-refractivity contribution in [2.75, 3.05) is 0 Å². The molecular weight excluding hydrogens is 373 g/mol. The standard InChI is InChI=1S/C16H14ClF3N4O2/c1-24-12(13(19)20)7-11(22-24)14(25)26-23-15(21)16(4-5-16)9-3-2-8(18)6-10(9)17/h2-3,6-7,13H,4-5H2,1H3,(H2,21,23). The second-order valence-corrected chi connectivity index (χ2v) is 6.35. The summed E-state index contributed by atoms with van der Waals surface area (Å²) >= 11 is 6.06.